The van der Waals surface area contributed by atoms with E-state index in [4.69, 9.17) is 4.74 Å². The first-order valence-electron chi connectivity index (χ1n) is 14.2. The van der Waals surface area contributed by atoms with Gasteiger partial charge >= 0.3 is 0 Å². The molecule has 0 aliphatic carbocycles. The molecule has 218 valence electrons. The fraction of sp³-hybridized carbons (Fsp3) is 0.419. The number of benzene rings is 2. The Labute approximate surface area is 241 Å². The predicted octanol–water partition coefficient (Wildman–Crippen LogP) is 5.42. The summed E-state index contributed by atoms with van der Waals surface area (Å²) in [5.41, 5.74) is 2.60. The number of aromatic nitrogens is 5. The van der Waals surface area contributed by atoms with Gasteiger partial charge in [0.25, 0.3) is 0 Å². The van der Waals surface area contributed by atoms with Crippen LogP contribution in [-0.4, -0.2) is 68.1 Å². The molecular weight excluding hydrogens is 521 g/mol. The van der Waals surface area contributed by atoms with Crippen LogP contribution < -0.4 is 9.64 Å². The summed E-state index contributed by atoms with van der Waals surface area (Å²) < 4.78 is 23.7. The summed E-state index contributed by atoms with van der Waals surface area (Å²) in [6, 6.07) is 15.2. The highest BCUT2D eigenvalue weighted by atomic mass is 19.1. The van der Waals surface area contributed by atoms with E-state index in [-0.39, 0.29) is 12.5 Å². The lowest BCUT2D eigenvalue weighted by molar-refractivity contribution is -0.132. The number of hydrogen-bond acceptors (Lipinski definition) is 6. The monoisotopic (exact) mass is 561 g/mol. The summed E-state index contributed by atoms with van der Waals surface area (Å²) in [4.78, 5) is 21.4. The lowest BCUT2D eigenvalue weighted by atomic mass is 9.97. The summed E-state index contributed by atoms with van der Waals surface area (Å²) in [6.07, 6.45) is 3.48. The molecule has 0 spiro atoms. The van der Waals surface area contributed by atoms with Crippen LogP contribution in [0.4, 0.5) is 10.1 Å². The van der Waals surface area contributed by atoms with Crippen molar-refractivity contribution in [2.75, 3.05) is 37.7 Å². The van der Waals surface area contributed by atoms with Crippen LogP contribution in [-0.2, 0) is 17.0 Å². The van der Waals surface area contributed by atoms with Gasteiger partial charge < -0.3 is 14.5 Å². The van der Waals surface area contributed by atoms with E-state index in [9.17, 15) is 9.18 Å². The molecule has 41 heavy (non-hydrogen) atoms. The van der Waals surface area contributed by atoms with E-state index < -0.39 is 5.67 Å². The maximum Gasteiger partial charge on any atom is 0.244 e. The molecule has 2 aromatic heterocycles. The normalized spacial score (nSPS) is 13.5. The smallest absolute Gasteiger partial charge is 0.244 e. The second-order valence-corrected chi connectivity index (χ2v) is 10.1. The summed E-state index contributed by atoms with van der Waals surface area (Å²) >= 11 is 0. The fourth-order valence-electron chi connectivity index (χ4n) is 4.73. The number of alkyl halides is 1. The van der Waals surface area contributed by atoms with Crippen LogP contribution >= 0.6 is 0 Å². The highest BCUT2D eigenvalue weighted by Crippen LogP contribution is 2.30. The Morgan fingerprint density at radius 3 is 2.44 bits per heavy atom. The first kappa shape index (κ1) is 29.8. The Balaban J connectivity index is 0.00000189. The van der Waals surface area contributed by atoms with Crippen molar-refractivity contribution in [3.8, 4) is 22.7 Å². The Morgan fingerprint density at radius 1 is 1.02 bits per heavy atom. The predicted molar refractivity (Wildman–Crippen MR) is 159 cm³/mol. The minimum Gasteiger partial charge on any atom is -0.492 e. The Morgan fingerprint density at radius 2 is 1.78 bits per heavy atom. The number of nitrogens with zero attached hydrogens (tertiary/aromatic N) is 7. The van der Waals surface area contributed by atoms with Crippen LogP contribution in [0.15, 0.2) is 61.1 Å². The van der Waals surface area contributed by atoms with Crippen molar-refractivity contribution < 1.29 is 13.9 Å². The van der Waals surface area contributed by atoms with E-state index in [2.05, 4.69) is 26.1 Å². The second-order valence-electron chi connectivity index (χ2n) is 10.1. The third kappa shape index (κ3) is 7.11. The molecular formula is C31H40FN7O2. The Hall–Kier alpha value is -4.21. The van der Waals surface area contributed by atoms with Gasteiger partial charge in [0.1, 0.15) is 35.8 Å². The third-order valence-corrected chi connectivity index (χ3v) is 6.88. The van der Waals surface area contributed by atoms with Gasteiger partial charge in [0.2, 0.25) is 5.91 Å². The molecule has 1 fully saturated rings. The Bertz CT molecular complexity index is 1450. The van der Waals surface area contributed by atoms with E-state index in [0.717, 1.165) is 35.8 Å². The molecule has 0 saturated carbocycles. The van der Waals surface area contributed by atoms with Crippen molar-refractivity contribution in [1.82, 2.24) is 29.4 Å². The van der Waals surface area contributed by atoms with Gasteiger partial charge in [0.05, 0.1) is 12.3 Å². The van der Waals surface area contributed by atoms with E-state index in [1.165, 1.54) is 13.8 Å². The first-order chi connectivity index (χ1) is 19.7. The van der Waals surface area contributed by atoms with Gasteiger partial charge in [-0.2, -0.15) is 10.2 Å². The first-order valence-corrected chi connectivity index (χ1v) is 14.2. The van der Waals surface area contributed by atoms with Crippen LogP contribution in [0.3, 0.4) is 0 Å². The number of anilines is 1. The number of halogens is 1. The Kier molecular flexibility index (Phi) is 9.42. The standard InChI is InChI=1S/C29H34FN7O2.C2H6/c1-5-39-27-18-24(9-10-26(27)37-20-31-21(2)32-37)34-13-15-35(16-14-34)28(38)19-36-12-11-25(33-36)22-7-6-8-23(17-22)29(3,4)30;1-2/h6-12,17-18,20H,5,13-16,19H2,1-4H3;1-2H3. The topological polar surface area (TPSA) is 81.3 Å². The van der Waals surface area contributed by atoms with Crippen molar-refractivity contribution >= 4 is 11.6 Å². The molecule has 1 amide bonds. The molecule has 0 N–H and O–H groups in total. The highest BCUT2D eigenvalue weighted by molar-refractivity contribution is 5.76. The zero-order chi connectivity index (χ0) is 29.6. The zero-order valence-electron chi connectivity index (χ0n) is 24.8. The van der Waals surface area contributed by atoms with Gasteiger partial charge in [0, 0.05) is 49.7 Å². The minimum atomic E-state index is -1.43. The fourth-order valence-corrected chi connectivity index (χ4v) is 4.73. The van der Waals surface area contributed by atoms with Crippen molar-refractivity contribution in [2.24, 2.45) is 0 Å². The third-order valence-electron chi connectivity index (χ3n) is 6.88. The largest absolute Gasteiger partial charge is 0.492 e. The molecule has 0 atom stereocenters. The highest BCUT2D eigenvalue weighted by Gasteiger charge is 2.23. The second kappa shape index (κ2) is 13.0. The van der Waals surface area contributed by atoms with Gasteiger partial charge in [-0.15, -0.1) is 0 Å². The van der Waals surface area contributed by atoms with E-state index in [1.54, 1.807) is 28.0 Å². The number of ether oxygens (including phenoxy) is 1. The maximum atomic E-state index is 14.4. The summed E-state index contributed by atoms with van der Waals surface area (Å²) in [5.74, 6) is 1.46. The van der Waals surface area contributed by atoms with Crippen LogP contribution in [0.5, 0.6) is 5.75 Å². The van der Waals surface area contributed by atoms with Crippen molar-refractivity contribution in [1.29, 1.82) is 0 Å². The number of carbonyl (C=O) groups is 1. The molecule has 0 radical (unpaired) electrons. The number of carbonyl (C=O) groups excluding carboxylic acids is 1. The number of amides is 1. The molecule has 3 heterocycles. The molecule has 4 aromatic rings. The minimum absolute atomic E-state index is 0.0230. The van der Waals surface area contributed by atoms with Gasteiger partial charge in [-0.05, 0) is 57.5 Å². The average Bonchev–Trinajstić information content (AvgIpc) is 3.63. The molecule has 2 aromatic carbocycles. The molecule has 5 rings (SSSR count). The molecule has 0 unspecified atom stereocenters. The number of piperazine rings is 1. The van der Waals surface area contributed by atoms with Crippen LogP contribution in [0.25, 0.3) is 16.9 Å². The maximum absolute atomic E-state index is 14.4. The van der Waals surface area contributed by atoms with Gasteiger partial charge in [-0.25, -0.2) is 14.1 Å². The van der Waals surface area contributed by atoms with Gasteiger partial charge in [-0.1, -0.05) is 32.0 Å². The van der Waals surface area contributed by atoms with Gasteiger partial charge in [0.15, 0.2) is 0 Å². The lowest BCUT2D eigenvalue weighted by Crippen LogP contribution is -2.49. The molecule has 1 saturated heterocycles. The van der Waals surface area contributed by atoms with Crippen LogP contribution in [0, 0.1) is 6.92 Å². The number of aryl methyl sites for hydroxylation is 1. The molecule has 9 nitrogen and oxygen atoms in total. The average molecular weight is 562 g/mol. The molecule has 0 bridgehead atoms. The lowest BCUT2D eigenvalue weighted by Gasteiger charge is -2.36. The van der Waals surface area contributed by atoms with Crippen molar-refractivity contribution in [2.45, 2.75) is 53.8 Å². The van der Waals surface area contributed by atoms with E-state index in [0.29, 0.717) is 36.8 Å². The SMILES string of the molecule is CC.CCOc1cc(N2CCN(C(=O)Cn3ccc(-c4cccc(C(C)(C)F)c4)n3)CC2)ccc1-n1cnc(C)n1. The summed E-state index contributed by atoms with van der Waals surface area (Å²) in [7, 11) is 0. The van der Waals surface area contributed by atoms with E-state index >= 15 is 0 Å². The summed E-state index contributed by atoms with van der Waals surface area (Å²) in [5, 5.41) is 8.98. The quantitative estimate of drug-likeness (QED) is 0.286. The van der Waals surface area contributed by atoms with Gasteiger partial charge in [-0.3, -0.25) is 9.48 Å². The number of rotatable bonds is 8. The van der Waals surface area contributed by atoms with Crippen molar-refractivity contribution in [3.63, 3.8) is 0 Å². The molecule has 10 heteroatoms. The van der Waals surface area contributed by atoms with Crippen LogP contribution in [0.2, 0.25) is 0 Å². The van der Waals surface area contributed by atoms with Crippen molar-refractivity contribution in [3.05, 3.63) is 72.4 Å². The number of hydrogen-bond donors (Lipinski definition) is 0. The molecule has 1 aliphatic heterocycles. The summed E-state index contributed by atoms with van der Waals surface area (Å²) in [6.45, 7) is 14.3. The van der Waals surface area contributed by atoms with Crippen LogP contribution in [0.1, 0.15) is 46.0 Å². The zero-order valence-corrected chi connectivity index (χ0v) is 24.8. The van der Waals surface area contributed by atoms with E-state index in [1.807, 2.05) is 69.0 Å². The molecule has 1 aliphatic rings.